The number of hydrogen-bond acceptors (Lipinski definition) is 18. The molecule has 0 saturated carbocycles. The number of aliphatic imine (C=N–C) groups is 1. The summed E-state index contributed by atoms with van der Waals surface area (Å²) >= 11 is 0. The van der Waals surface area contributed by atoms with Crippen LogP contribution in [0.2, 0.25) is 0 Å². The molecule has 2 heterocycles. The van der Waals surface area contributed by atoms with Crippen LogP contribution >= 0.6 is 0 Å². The Hall–Kier alpha value is -7.55. The van der Waals surface area contributed by atoms with E-state index in [1.165, 1.54) is 19.1 Å². The third-order valence-electron chi connectivity index (χ3n) is 15.7. The fourth-order valence-corrected chi connectivity index (χ4v) is 10.6. The quantitative estimate of drug-likeness (QED) is 0.0149. The van der Waals surface area contributed by atoms with Crippen LogP contribution in [0.5, 0.6) is 0 Å². The highest BCUT2D eigenvalue weighted by molar-refractivity contribution is 6.43. The predicted octanol–water partition coefficient (Wildman–Crippen LogP) is -2.08. The summed E-state index contributed by atoms with van der Waals surface area (Å²) in [5, 5.41) is 76.1. The van der Waals surface area contributed by atoms with Gasteiger partial charge in [0.15, 0.2) is 5.96 Å². The summed E-state index contributed by atoms with van der Waals surface area (Å²) in [5.74, 6) is -6.28. The van der Waals surface area contributed by atoms with E-state index in [2.05, 4.69) is 36.9 Å². The molecule has 31 heteroatoms. The van der Waals surface area contributed by atoms with E-state index < -0.39 is 61.0 Å². The number of nitrogens with one attached hydrogen (secondary N) is 6. The molecule has 2 saturated heterocycles. The molecule has 2 aliphatic heterocycles. The Morgan fingerprint density at radius 3 is 1.53 bits per heavy atom. The Bertz CT molecular complexity index is 2710. The fourth-order valence-electron chi connectivity index (χ4n) is 10.6. The number of nitrogens with two attached hydrogens (primary N) is 1. The molecule has 2 fully saturated rings. The van der Waals surface area contributed by atoms with Crippen LogP contribution in [0.4, 0.5) is 0 Å². The molecule has 0 radical (unpaired) electrons. The maximum absolute atomic E-state index is 13.5. The minimum atomic E-state index is -1.86. The van der Waals surface area contributed by atoms with Crippen LogP contribution in [0.15, 0.2) is 41.4 Å². The second kappa shape index (κ2) is 41.0. The van der Waals surface area contributed by atoms with Crippen LogP contribution in [0.25, 0.3) is 10.8 Å². The number of carboxylic acid groups (broad SMARTS) is 3. The zero-order valence-electron chi connectivity index (χ0n) is 53.0. The van der Waals surface area contributed by atoms with Crippen LogP contribution < -0.4 is 37.6 Å². The first kappa shape index (κ1) is 75.9. The summed E-state index contributed by atoms with van der Waals surface area (Å²) in [6.07, 6.45) is 5.92. The Morgan fingerprint density at radius 1 is 0.582 bits per heavy atom. The maximum Gasteiger partial charge on any atom is 0.475 e. The standard InChI is InChI=1S/C60H97BN14O16/c1-42(59(89)75-37-43(76)36-49(75)61(90)91)68-57(87)47-22-21-46(44-16-9-10-17-45(44)47)56(86)65-25-13-6-14-26-66-58(88)48(18-15-27-67-60(62)70(2)3)69-51(78)20-8-4-7-19-50(77)63-23-11-5-12-24-64-52(79)38-71-28-30-72(39-53(80)81)32-34-74(41-55(84)85)35-33-73(31-29-71)40-54(82)83/h9-10,16-17,21-22,42-43,48-49,76,90-91H,4-8,11-15,18-20,23-41H2,1-3H3,(H2,62,67)(H,63,77)(H,64,79)(H,65,86)(H,66,88)(H,68,87)(H,69,78)(H,80,81)(H,82,83)(H,84,85)/t42-,43+,48+,49+/m1/s1. The number of amides is 7. The average Bonchev–Trinajstić information content (AvgIpc) is 1.03. The lowest BCUT2D eigenvalue weighted by Gasteiger charge is -2.32. The molecule has 0 aliphatic carbocycles. The molecule has 7 amide bonds. The van der Waals surface area contributed by atoms with Gasteiger partial charge in [-0.15, -0.1) is 0 Å². The second-order valence-electron chi connectivity index (χ2n) is 23.4. The number of carbonyl (C=O) groups is 10. The molecule has 0 unspecified atom stereocenters. The van der Waals surface area contributed by atoms with Gasteiger partial charge in [0.1, 0.15) is 12.1 Å². The highest BCUT2D eigenvalue weighted by Crippen LogP contribution is 2.25. The van der Waals surface area contributed by atoms with Gasteiger partial charge in [0, 0.05) is 130 Å². The van der Waals surface area contributed by atoms with Gasteiger partial charge >= 0.3 is 25.0 Å². The maximum atomic E-state index is 13.5. The van der Waals surface area contributed by atoms with Crippen molar-refractivity contribution in [3.8, 4) is 0 Å². The largest absolute Gasteiger partial charge is 0.480 e. The fraction of sp³-hybridized carbons (Fsp3) is 0.650. The first-order chi connectivity index (χ1) is 43.4. The number of unbranched alkanes of at least 4 members (excludes halogenated alkanes) is 6. The predicted molar refractivity (Wildman–Crippen MR) is 339 cm³/mol. The summed E-state index contributed by atoms with van der Waals surface area (Å²) in [6.45, 7) is 4.84. The van der Waals surface area contributed by atoms with Crippen molar-refractivity contribution in [1.82, 2.24) is 61.3 Å². The average molecular weight is 1280 g/mol. The van der Waals surface area contributed by atoms with Gasteiger partial charge in [-0.2, -0.15) is 0 Å². The molecule has 2 aromatic rings. The highest BCUT2D eigenvalue weighted by atomic mass is 16.4. The molecule has 2 aromatic carbocycles. The van der Waals surface area contributed by atoms with E-state index in [0.717, 1.165) is 11.3 Å². The van der Waals surface area contributed by atoms with E-state index in [0.29, 0.717) is 145 Å². The van der Waals surface area contributed by atoms with Crippen molar-refractivity contribution in [3.63, 3.8) is 0 Å². The first-order valence-electron chi connectivity index (χ1n) is 31.5. The van der Waals surface area contributed by atoms with Gasteiger partial charge in [0.2, 0.25) is 29.5 Å². The van der Waals surface area contributed by atoms with E-state index in [1.807, 2.05) is 4.90 Å². The number of carboxylic acids is 3. The van der Waals surface area contributed by atoms with Crippen molar-refractivity contribution in [1.29, 1.82) is 0 Å². The monoisotopic (exact) mass is 1280 g/mol. The van der Waals surface area contributed by atoms with Crippen molar-refractivity contribution in [3.05, 3.63) is 47.5 Å². The molecular weight excluding hydrogens is 1180 g/mol. The van der Waals surface area contributed by atoms with Crippen molar-refractivity contribution in [2.45, 2.75) is 121 Å². The topological polar surface area (TPSA) is 422 Å². The lowest BCUT2D eigenvalue weighted by Crippen LogP contribution is -2.52. The zero-order chi connectivity index (χ0) is 66.8. The van der Waals surface area contributed by atoms with Crippen LogP contribution in [0, 0.1) is 0 Å². The molecule has 0 bridgehead atoms. The lowest BCUT2D eigenvalue weighted by molar-refractivity contribution is -0.140. The Morgan fingerprint density at radius 2 is 1.03 bits per heavy atom. The second-order valence-corrected chi connectivity index (χ2v) is 23.4. The number of nitrogens with zero attached hydrogens (tertiary/aromatic N) is 7. The molecule has 506 valence electrons. The molecule has 30 nitrogen and oxygen atoms in total. The zero-order valence-corrected chi connectivity index (χ0v) is 53.0. The van der Waals surface area contributed by atoms with E-state index in [9.17, 15) is 78.4 Å². The summed E-state index contributed by atoms with van der Waals surface area (Å²) in [4.78, 5) is 141. The molecule has 2 aliphatic rings. The molecule has 4 rings (SSSR count). The number of rotatable bonds is 37. The van der Waals surface area contributed by atoms with E-state index in [1.54, 1.807) is 58.0 Å². The first-order valence-corrected chi connectivity index (χ1v) is 31.5. The number of benzene rings is 2. The van der Waals surface area contributed by atoms with Crippen molar-refractivity contribution in [2.24, 2.45) is 10.7 Å². The molecule has 14 N–H and O–H groups in total. The molecular formula is C60H97BN14O16. The normalized spacial score (nSPS) is 17.2. The van der Waals surface area contributed by atoms with Gasteiger partial charge in [0.25, 0.3) is 11.8 Å². The molecule has 0 aromatic heterocycles. The minimum Gasteiger partial charge on any atom is -0.480 e. The number of aliphatic hydroxyl groups excluding tert-OH is 1. The van der Waals surface area contributed by atoms with Gasteiger partial charge < -0.3 is 77.9 Å². The van der Waals surface area contributed by atoms with Crippen LogP contribution in [-0.4, -0.2) is 288 Å². The smallest absolute Gasteiger partial charge is 0.475 e. The van der Waals surface area contributed by atoms with Gasteiger partial charge in [-0.25, -0.2) is 0 Å². The minimum absolute atomic E-state index is 0.00917. The number of aliphatic hydroxyl groups is 1. The number of guanidine groups is 1. The van der Waals surface area contributed by atoms with Gasteiger partial charge in [0.05, 0.1) is 38.2 Å². The number of fused-ring (bicyclic) bond motifs is 1. The van der Waals surface area contributed by atoms with Crippen LogP contribution in [0.1, 0.15) is 118 Å². The van der Waals surface area contributed by atoms with Crippen LogP contribution in [-0.2, 0) is 38.4 Å². The highest BCUT2D eigenvalue weighted by Gasteiger charge is 2.42. The van der Waals surface area contributed by atoms with Crippen molar-refractivity contribution >= 4 is 83.1 Å². The third kappa shape index (κ3) is 29.1. The number of aliphatic carboxylic acids is 3. The SMILES string of the molecule is C[C@@H](NC(=O)c1ccc(C(=O)NCCCCCNC(=O)[C@H](CCCN=C(N)N(C)C)NC(=O)CCCCCC(=O)NCCCCCNC(=O)CN2CCN(CC(=O)O)CCN(CC(=O)O)CCN(CC(=O)O)CC2)c2ccccc12)C(=O)N1C[C@@H](O)C[C@H]1B(O)O. The Kier molecular flexibility index (Phi) is 34.2. The van der Waals surface area contributed by atoms with Gasteiger partial charge in [-0.3, -0.25) is 72.5 Å². The van der Waals surface area contributed by atoms with Crippen LogP contribution in [0.3, 0.4) is 0 Å². The number of likely N-dealkylation sites (tertiary alicyclic amines) is 1. The van der Waals surface area contributed by atoms with E-state index in [4.69, 9.17) is 5.73 Å². The van der Waals surface area contributed by atoms with Crippen molar-refractivity contribution < 1.29 is 78.4 Å². The summed E-state index contributed by atoms with van der Waals surface area (Å²) in [7, 11) is 1.67. The third-order valence-corrected chi connectivity index (χ3v) is 15.7. The van der Waals surface area contributed by atoms with Crippen molar-refractivity contribution in [2.75, 3.05) is 132 Å². The lowest BCUT2D eigenvalue weighted by atomic mass is 9.77. The molecule has 91 heavy (non-hydrogen) atoms. The Balaban J connectivity index is 1.12. The van der Waals surface area contributed by atoms with Gasteiger partial charge in [-0.1, -0.05) is 30.7 Å². The summed E-state index contributed by atoms with van der Waals surface area (Å²) in [5.41, 5.74) is 6.50. The van der Waals surface area contributed by atoms with E-state index >= 15 is 0 Å². The molecule has 0 spiro atoms. The molecule has 4 atom stereocenters. The summed E-state index contributed by atoms with van der Waals surface area (Å²) in [6, 6.07) is 8.04. The number of β-amino-alcohol motifs (C(OH)–C–C–N with tert-alkyl or cyclic N) is 1. The van der Waals surface area contributed by atoms with Gasteiger partial charge in [-0.05, 0) is 100 Å². The number of hydrogen-bond donors (Lipinski definition) is 13. The Labute approximate surface area is 532 Å². The summed E-state index contributed by atoms with van der Waals surface area (Å²) < 4.78 is 0. The number of carbonyl (C=O) groups excluding carboxylic acids is 7. The van der Waals surface area contributed by atoms with E-state index in [-0.39, 0.29) is 113 Å².